The lowest BCUT2D eigenvalue weighted by Crippen LogP contribution is -2.45. The third-order valence-electron chi connectivity index (χ3n) is 6.71. The molecule has 12 heteroatoms. The number of benzene rings is 1. The van der Waals surface area contributed by atoms with Gasteiger partial charge in [-0.05, 0) is 37.6 Å². The Bertz CT molecular complexity index is 1530. The number of allylic oxidation sites excluding steroid dienone is 1. The average molecular weight is 592 g/mol. The van der Waals surface area contributed by atoms with Crippen LogP contribution in [0.1, 0.15) is 36.7 Å². The number of primary amides is 1. The molecule has 1 aromatic carbocycles. The standard InChI is InChI=1S/C29H35N7O5.C2H6/c1-6-10-18(2)25-23(17-35(41-25)13-14-40-5)31-29(39)32-27-19(3)24(33-36(27)21-11-8-7-9-12-21)20-15-22(26(30)37)28(38)34(4)16-20;1-2/h6-12,15-16,23,25H,2,13-14,17H2,1,3-5H3,(H2,30,37)(H2,31,32,39);1-2H3/b10-6-;/t23-,25+;/m1./s1. The molecule has 1 aliphatic rings. The number of nitrogens with two attached hydrogens (primary N) is 1. The highest BCUT2D eigenvalue weighted by Crippen LogP contribution is 2.31. The third-order valence-corrected chi connectivity index (χ3v) is 6.71. The second-order valence-corrected chi connectivity index (χ2v) is 9.68. The zero-order chi connectivity index (χ0) is 31.7. The molecule has 3 heterocycles. The molecule has 0 spiro atoms. The molecule has 0 bridgehead atoms. The first-order chi connectivity index (χ1) is 20.6. The summed E-state index contributed by atoms with van der Waals surface area (Å²) in [6.07, 6.45) is 4.84. The highest BCUT2D eigenvalue weighted by Gasteiger charge is 2.36. The van der Waals surface area contributed by atoms with E-state index < -0.39 is 23.6 Å². The number of hydroxylamine groups is 2. The number of carbonyl (C=O) groups excluding carboxylic acids is 2. The Balaban J connectivity index is 0.00000248. The molecule has 0 unspecified atom stereocenters. The van der Waals surface area contributed by atoms with Gasteiger partial charge < -0.3 is 20.4 Å². The van der Waals surface area contributed by atoms with Crippen LogP contribution in [0, 0.1) is 6.92 Å². The van der Waals surface area contributed by atoms with E-state index in [0.29, 0.717) is 48.0 Å². The molecule has 12 nitrogen and oxygen atoms in total. The van der Waals surface area contributed by atoms with Gasteiger partial charge in [0.25, 0.3) is 11.5 Å². The van der Waals surface area contributed by atoms with Gasteiger partial charge in [-0.3, -0.25) is 19.7 Å². The van der Waals surface area contributed by atoms with Gasteiger partial charge in [0, 0.05) is 44.6 Å². The maximum atomic E-state index is 13.4. The van der Waals surface area contributed by atoms with Gasteiger partial charge in [-0.25, -0.2) is 9.48 Å². The van der Waals surface area contributed by atoms with Gasteiger partial charge in [0.2, 0.25) is 0 Å². The van der Waals surface area contributed by atoms with Gasteiger partial charge in [0.1, 0.15) is 17.5 Å². The number of aryl methyl sites for hydroxylation is 1. The molecule has 0 radical (unpaired) electrons. The molecule has 230 valence electrons. The molecule has 0 saturated carbocycles. The Morgan fingerprint density at radius 3 is 2.58 bits per heavy atom. The molecule has 43 heavy (non-hydrogen) atoms. The van der Waals surface area contributed by atoms with Gasteiger partial charge in [-0.15, -0.1) is 0 Å². The Hall–Kier alpha value is -4.52. The Kier molecular flexibility index (Phi) is 11.6. The molecule has 2 atom stereocenters. The lowest BCUT2D eigenvalue weighted by Gasteiger charge is -2.19. The summed E-state index contributed by atoms with van der Waals surface area (Å²) < 4.78 is 8.06. The summed E-state index contributed by atoms with van der Waals surface area (Å²) in [5.41, 5.74) is 7.81. The van der Waals surface area contributed by atoms with E-state index in [9.17, 15) is 14.4 Å². The summed E-state index contributed by atoms with van der Waals surface area (Å²) in [7, 11) is 3.15. The SMILES string of the molecule is C=C(/C=C\C)[C@@H]1ON(CCOC)C[C@H]1NC(=O)Nc1c(C)c(-c2cc(C(N)=O)c(=O)n(C)c2)nn1-c1ccccc1.CC. The number of urea groups is 1. The van der Waals surface area contributed by atoms with Gasteiger partial charge in [0.05, 0.1) is 24.0 Å². The van der Waals surface area contributed by atoms with Gasteiger partial charge in [-0.2, -0.15) is 10.2 Å². The molecule has 2 aromatic heterocycles. The number of hydrogen-bond donors (Lipinski definition) is 3. The number of methoxy groups -OCH3 is 1. The highest BCUT2D eigenvalue weighted by molar-refractivity contribution is 5.94. The first-order valence-corrected chi connectivity index (χ1v) is 14.1. The van der Waals surface area contributed by atoms with E-state index in [0.717, 1.165) is 5.57 Å². The molecule has 4 rings (SSSR count). The van der Waals surface area contributed by atoms with E-state index in [2.05, 4.69) is 17.2 Å². The summed E-state index contributed by atoms with van der Waals surface area (Å²) in [5.74, 6) is -0.421. The van der Waals surface area contributed by atoms with Crippen molar-refractivity contribution < 1.29 is 19.2 Å². The first kappa shape index (κ1) is 33.0. The van der Waals surface area contributed by atoms with Crippen molar-refractivity contribution in [2.24, 2.45) is 12.8 Å². The number of hydrogen-bond acceptors (Lipinski definition) is 7. The summed E-state index contributed by atoms with van der Waals surface area (Å²) in [6, 6.07) is 9.86. The average Bonchev–Trinajstić information content (AvgIpc) is 3.55. The van der Waals surface area contributed by atoms with Crippen LogP contribution in [0.15, 0.2) is 71.7 Å². The van der Waals surface area contributed by atoms with E-state index in [-0.39, 0.29) is 11.6 Å². The monoisotopic (exact) mass is 591 g/mol. The minimum absolute atomic E-state index is 0.155. The number of pyridine rings is 1. The van der Waals surface area contributed by atoms with Crippen LogP contribution in [-0.2, 0) is 16.6 Å². The number of carbonyl (C=O) groups is 2. The number of aromatic nitrogens is 3. The normalized spacial score (nSPS) is 16.5. The largest absolute Gasteiger partial charge is 0.383 e. The molecule has 1 aliphatic heterocycles. The van der Waals surface area contributed by atoms with Gasteiger partial charge >= 0.3 is 6.03 Å². The number of nitrogens with zero attached hydrogens (tertiary/aromatic N) is 4. The van der Waals surface area contributed by atoms with Crippen molar-refractivity contribution in [1.82, 2.24) is 24.7 Å². The van der Waals surface area contributed by atoms with Crippen molar-refractivity contribution in [3.63, 3.8) is 0 Å². The van der Waals surface area contributed by atoms with Crippen LogP contribution in [-0.4, -0.2) is 70.3 Å². The van der Waals surface area contributed by atoms with Gasteiger partial charge in [0.15, 0.2) is 0 Å². The molecule has 3 aromatic rings. The fourth-order valence-corrected chi connectivity index (χ4v) is 4.69. The fraction of sp³-hybridized carbons (Fsp3) is 0.355. The molecule has 1 fully saturated rings. The second kappa shape index (κ2) is 15.1. The lowest BCUT2D eigenvalue weighted by atomic mass is 10.0. The van der Waals surface area contributed by atoms with E-state index in [1.807, 2.05) is 63.3 Å². The fourth-order valence-electron chi connectivity index (χ4n) is 4.69. The van der Waals surface area contributed by atoms with Crippen molar-refractivity contribution in [2.75, 3.05) is 32.1 Å². The lowest BCUT2D eigenvalue weighted by molar-refractivity contribution is -0.141. The molecule has 1 saturated heterocycles. The van der Waals surface area contributed by atoms with Crippen molar-refractivity contribution in [1.29, 1.82) is 0 Å². The van der Waals surface area contributed by atoms with Crippen molar-refractivity contribution in [3.05, 3.63) is 88.4 Å². The summed E-state index contributed by atoms with van der Waals surface area (Å²) >= 11 is 0. The van der Waals surface area contributed by atoms with E-state index in [1.54, 1.807) is 30.0 Å². The zero-order valence-electron chi connectivity index (χ0n) is 25.6. The summed E-state index contributed by atoms with van der Waals surface area (Å²) in [6.45, 7) is 13.2. The van der Waals surface area contributed by atoms with Crippen molar-refractivity contribution >= 4 is 17.8 Å². The minimum Gasteiger partial charge on any atom is -0.383 e. The number of para-hydroxylation sites is 1. The predicted molar refractivity (Wildman–Crippen MR) is 167 cm³/mol. The van der Waals surface area contributed by atoms with Crippen LogP contribution in [0.5, 0.6) is 0 Å². The summed E-state index contributed by atoms with van der Waals surface area (Å²) in [5, 5.41) is 12.5. The highest BCUT2D eigenvalue weighted by atomic mass is 16.7. The number of ether oxygens (including phenoxy) is 1. The van der Waals surface area contributed by atoms with Crippen LogP contribution in [0.4, 0.5) is 10.6 Å². The maximum absolute atomic E-state index is 13.4. The number of nitrogens with one attached hydrogen (secondary N) is 2. The molecule has 3 amide bonds. The molecule has 0 aliphatic carbocycles. The van der Waals surface area contributed by atoms with E-state index >= 15 is 0 Å². The second-order valence-electron chi connectivity index (χ2n) is 9.68. The number of anilines is 1. The predicted octanol–water partition coefficient (Wildman–Crippen LogP) is 3.56. The van der Waals surface area contributed by atoms with E-state index in [1.165, 1.54) is 17.7 Å². The zero-order valence-corrected chi connectivity index (χ0v) is 25.6. The van der Waals surface area contributed by atoms with Gasteiger partial charge in [-0.1, -0.05) is 50.8 Å². The van der Waals surface area contributed by atoms with Crippen LogP contribution < -0.4 is 21.9 Å². The van der Waals surface area contributed by atoms with Crippen molar-refractivity contribution in [2.45, 2.75) is 39.8 Å². The maximum Gasteiger partial charge on any atom is 0.320 e. The first-order valence-electron chi connectivity index (χ1n) is 14.1. The molecule has 4 N–H and O–H groups in total. The van der Waals surface area contributed by atoms with E-state index in [4.69, 9.17) is 20.4 Å². The Labute approximate surface area is 251 Å². The Morgan fingerprint density at radius 1 is 1.26 bits per heavy atom. The van der Waals surface area contributed by atoms with Crippen molar-refractivity contribution in [3.8, 4) is 16.9 Å². The number of amides is 3. The van der Waals surface area contributed by atoms with Crippen LogP contribution in [0.2, 0.25) is 0 Å². The summed E-state index contributed by atoms with van der Waals surface area (Å²) in [4.78, 5) is 43.8. The quantitative estimate of drug-likeness (QED) is 0.306. The smallest absolute Gasteiger partial charge is 0.320 e. The number of rotatable bonds is 10. The molecular weight excluding hydrogens is 550 g/mol. The topological polar surface area (TPSA) is 146 Å². The van der Waals surface area contributed by atoms with Crippen LogP contribution in [0.25, 0.3) is 16.9 Å². The van der Waals surface area contributed by atoms with Crippen LogP contribution in [0.3, 0.4) is 0 Å². The van der Waals surface area contributed by atoms with Crippen LogP contribution >= 0.6 is 0 Å². The minimum atomic E-state index is -0.835. The molecular formula is C31H41N7O5. The third kappa shape index (κ3) is 7.66. The Morgan fingerprint density at radius 2 is 1.95 bits per heavy atom.